The molecule has 1 N–H and O–H groups in total. The molecule has 1 rings (SSSR count). The maximum Gasteiger partial charge on any atom is 0.251 e. The van der Waals surface area contributed by atoms with Crippen LogP contribution in [0.25, 0.3) is 0 Å². The summed E-state index contributed by atoms with van der Waals surface area (Å²) in [7, 11) is 4.01. The summed E-state index contributed by atoms with van der Waals surface area (Å²) >= 11 is 3.29. The van der Waals surface area contributed by atoms with Crippen molar-refractivity contribution in [1.29, 1.82) is 0 Å². The van der Waals surface area contributed by atoms with E-state index in [1.807, 2.05) is 14.1 Å². The first-order valence-electron chi connectivity index (χ1n) is 6.47. The molecule has 0 aliphatic rings. The van der Waals surface area contributed by atoms with Crippen LogP contribution < -0.4 is 10.9 Å². The number of amides is 1. The van der Waals surface area contributed by atoms with Gasteiger partial charge in [-0.05, 0) is 41.5 Å². The third-order valence-corrected chi connectivity index (χ3v) is 3.24. The number of hydrogen-bond donors (Lipinski definition) is 1. The number of hydrogen-bond acceptors (Lipinski definition) is 3. The highest BCUT2D eigenvalue weighted by Crippen LogP contribution is 2.14. The van der Waals surface area contributed by atoms with E-state index >= 15 is 0 Å². The van der Waals surface area contributed by atoms with Crippen LogP contribution in [0.5, 0.6) is 0 Å². The Hall–Kier alpha value is -1.14. The number of aromatic nitrogens is 1. The van der Waals surface area contributed by atoms with Crippen molar-refractivity contribution in [3.63, 3.8) is 0 Å². The van der Waals surface area contributed by atoms with Gasteiger partial charge in [-0.15, -0.1) is 0 Å². The van der Waals surface area contributed by atoms with Gasteiger partial charge in [-0.2, -0.15) is 0 Å². The Kier molecular flexibility index (Phi) is 5.95. The van der Waals surface area contributed by atoms with E-state index in [1.165, 1.54) is 10.6 Å². The van der Waals surface area contributed by atoms with Gasteiger partial charge in [0.2, 0.25) is 5.91 Å². The van der Waals surface area contributed by atoms with Crippen LogP contribution in [0, 0.1) is 5.41 Å². The number of nitrogens with zero attached hydrogens (tertiary/aromatic N) is 2. The summed E-state index contributed by atoms with van der Waals surface area (Å²) in [6.45, 7) is 5.68. The molecule has 0 spiro atoms. The highest BCUT2D eigenvalue weighted by Gasteiger charge is 2.19. The standard InChI is InChI=1S/C14H22BrN3O2/c1-14(2,10-17(3)4)9-16-12(19)8-18-7-11(15)5-6-13(18)20/h5-7H,8-10H2,1-4H3,(H,16,19). The first kappa shape index (κ1) is 16.9. The first-order chi connectivity index (χ1) is 9.19. The van der Waals surface area contributed by atoms with E-state index in [-0.39, 0.29) is 23.4 Å². The molecule has 0 aliphatic heterocycles. The van der Waals surface area contributed by atoms with Crippen molar-refractivity contribution < 1.29 is 4.79 Å². The van der Waals surface area contributed by atoms with Crippen molar-refractivity contribution in [2.24, 2.45) is 5.41 Å². The van der Waals surface area contributed by atoms with E-state index in [1.54, 1.807) is 12.3 Å². The van der Waals surface area contributed by atoms with Gasteiger partial charge < -0.3 is 14.8 Å². The summed E-state index contributed by atoms with van der Waals surface area (Å²) in [5.41, 5.74) is -0.197. The summed E-state index contributed by atoms with van der Waals surface area (Å²) in [6.07, 6.45) is 1.62. The van der Waals surface area contributed by atoms with E-state index in [0.29, 0.717) is 6.54 Å². The van der Waals surface area contributed by atoms with E-state index in [9.17, 15) is 9.59 Å². The van der Waals surface area contributed by atoms with Crippen LogP contribution in [-0.4, -0.2) is 42.6 Å². The second kappa shape index (κ2) is 7.04. The maximum absolute atomic E-state index is 11.9. The summed E-state index contributed by atoms with van der Waals surface area (Å²) in [5.74, 6) is -0.156. The molecule has 0 aliphatic carbocycles. The van der Waals surface area contributed by atoms with Gasteiger partial charge in [0.1, 0.15) is 6.54 Å². The number of carbonyl (C=O) groups is 1. The molecule has 112 valence electrons. The molecule has 5 nitrogen and oxygen atoms in total. The highest BCUT2D eigenvalue weighted by atomic mass is 79.9. The van der Waals surface area contributed by atoms with E-state index in [0.717, 1.165) is 11.0 Å². The average molecular weight is 344 g/mol. The lowest BCUT2D eigenvalue weighted by Crippen LogP contribution is -2.41. The van der Waals surface area contributed by atoms with Gasteiger partial charge in [-0.3, -0.25) is 9.59 Å². The molecule has 1 aromatic rings. The minimum absolute atomic E-state index is 0.0125. The molecule has 1 amide bonds. The molecule has 0 saturated heterocycles. The van der Waals surface area contributed by atoms with Gasteiger partial charge in [0.25, 0.3) is 5.56 Å². The predicted molar refractivity (Wildman–Crippen MR) is 83.7 cm³/mol. The molecule has 1 aromatic heterocycles. The average Bonchev–Trinajstić information content (AvgIpc) is 2.30. The molecule has 6 heteroatoms. The minimum Gasteiger partial charge on any atom is -0.354 e. The minimum atomic E-state index is -0.184. The quantitative estimate of drug-likeness (QED) is 0.847. The Morgan fingerprint density at radius 2 is 2.05 bits per heavy atom. The van der Waals surface area contributed by atoms with Crippen molar-refractivity contribution in [2.75, 3.05) is 27.2 Å². The first-order valence-corrected chi connectivity index (χ1v) is 7.26. The number of halogens is 1. The van der Waals surface area contributed by atoms with Crippen molar-refractivity contribution in [3.05, 3.63) is 33.2 Å². The Bertz CT molecular complexity index is 523. The molecule has 0 fully saturated rings. The summed E-state index contributed by atoms with van der Waals surface area (Å²) in [4.78, 5) is 25.6. The summed E-state index contributed by atoms with van der Waals surface area (Å²) in [5, 5.41) is 2.88. The smallest absolute Gasteiger partial charge is 0.251 e. The molecule has 20 heavy (non-hydrogen) atoms. The fourth-order valence-electron chi connectivity index (χ4n) is 2.09. The number of carbonyl (C=O) groups excluding carboxylic acids is 1. The fourth-order valence-corrected chi connectivity index (χ4v) is 2.47. The molecular weight excluding hydrogens is 322 g/mol. The normalized spacial score (nSPS) is 11.7. The second-order valence-electron chi connectivity index (χ2n) is 5.99. The van der Waals surface area contributed by atoms with Gasteiger partial charge >= 0.3 is 0 Å². The zero-order valence-corrected chi connectivity index (χ0v) is 14.0. The molecule has 0 radical (unpaired) electrons. The topological polar surface area (TPSA) is 54.3 Å². The number of pyridine rings is 1. The van der Waals surface area contributed by atoms with Gasteiger partial charge in [0, 0.05) is 29.8 Å². The SMILES string of the molecule is CN(C)CC(C)(C)CNC(=O)Cn1cc(Br)ccc1=O. The van der Waals surface area contributed by atoms with Crippen molar-refractivity contribution >= 4 is 21.8 Å². The molecule has 0 unspecified atom stereocenters. The Morgan fingerprint density at radius 1 is 1.40 bits per heavy atom. The molecule has 0 bridgehead atoms. The van der Waals surface area contributed by atoms with Crippen molar-refractivity contribution in [3.8, 4) is 0 Å². The third kappa shape index (κ3) is 5.88. The van der Waals surface area contributed by atoms with Crippen molar-refractivity contribution in [1.82, 2.24) is 14.8 Å². The highest BCUT2D eigenvalue weighted by molar-refractivity contribution is 9.10. The molecule has 1 heterocycles. The van der Waals surface area contributed by atoms with Crippen LogP contribution >= 0.6 is 15.9 Å². The monoisotopic (exact) mass is 343 g/mol. The second-order valence-corrected chi connectivity index (χ2v) is 6.91. The molecular formula is C14H22BrN3O2. The van der Waals surface area contributed by atoms with Gasteiger partial charge in [-0.25, -0.2) is 0 Å². The zero-order valence-electron chi connectivity index (χ0n) is 12.4. The fraction of sp³-hybridized carbons (Fsp3) is 0.571. The lowest BCUT2D eigenvalue weighted by atomic mass is 9.93. The van der Waals surface area contributed by atoms with E-state index < -0.39 is 0 Å². The molecule has 0 aromatic carbocycles. The number of rotatable bonds is 6. The lowest BCUT2D eigenvalue weighted by Gasteiger charge is -2.28. The van der Waals surface area contributed by atoms with Crippen molar-refractivity contribution in [2.45, 2.75) is 20.4 Å². The van der Waals surface area contributed by atoms with Crippen LogP contribution in [-0.2, 0) is 11.3 Å². The van der Waals surface area contributed by atoms with Gasteiger partial charge in [0.05, 0.1) is 0 Å². The maximum atomic E-state index is 11.9. The Balaban J connectivity index is 2.56. The van der Waals surface area contributed by atoms with E-state index in [4.69, 9.17) is 0 Å². The summed E-state index contributed by atoms with van der Waals surface area (Å²) < 4.78 is 2.16. The van der Waals surface area contributed by atoms with Crippen LogP contribution in [0.4, 0.5) is 0 Å². The zero-order chi connectivity index (χ0) is 15.3. The third-order valence-electron chi connectivity index (χ3n) is 2.77. The number of nitrogens with one attached hydrogen (secondary N) is 1. The largest absolute Gasteiger partial charge is 0.354 e. The predicted octanol–water partition coefficient (Wildman–Crippen LogP) is 1.31. The van der Waals surface area contributed by atoms with Gasteiger partial charge in [-0.1, -0.05) is 13.8 Å². The molecule has 0 atom stereocenters. The van der Waals surface area contributed by atoms with Crippen LogP contribution in [0.15, 0.2) is 27.6 Å². The van der Waals surface area contributed by atoms with Gasteiger partial charge in [0.15, 0.2) is 0 Å². The Labute approximate surface area is 128 Å². The van der Waals surface area contributed by atoms with Crippen LogP contribution in [0.3, 0.4) is 0 Å². The molecule has 0 saturated carbocycles. The summed E-state index contributed by atoms with van der Waals surface area (Å²) in [6, 6.07) is 3.10. The van der Waals surface area contributed by atoms with Crippen LogP contribution in [0.2, 0.25) is 0 Å². The lowest BCUT2D eigenvalue weighted by molar-refractivity contribution is -0.122. The van der Waals surface area contributed by atoms with E-state index in [2.05, 4.69) is 40.0 Å². The Morgan fingerprint density at radius 3 is 2.65 bits per heavy atom. The van der Waals surface area contributed by atoms with Crippen LogP contribution in [0.1, 0.15) is 13.8 Å².